The number of aryl methyl sites for hydroxylation is 1. The molecule has 0 fully saturated rings. The number of pyridine rings is 1. The molecule has 0 atom stereocenters. The zero-order chi connectivity index (χ0) is 11.7. The van der Waals surface area contributed by atoms with Crippen LogP contribution in [-0.2, 0) is 4.74 Å². The number of hydrogen-bond donors (Lipinski definition) is 0. The molecule has 2 aromatic rings. The van der Waals surface area contributed by atoms with Crippen LogP contribution in [0.3, 0.4) is 0 Å². The van der Waals surface area contributed by atoms with E-state index in [2.05, 4.69) is 10.1 Å². The molecule has 0 aromatic carbocycles. The highest BCUT2D eigenvalue weighted by molar-refractivity contribution is 6.19. The fraction of sp³-hybridized carbons (Fsp3) is 0.300. The Morgan fingerprint density at radius 1 is 1.62 bits per heavy atom. The van der Waals surface area contributed by atoms with Gasteiger partial charge in [0.25, 0.3) is 0 Å². The SMILES string of the molecule is CCOC(=O)c1ccnc2c1c(C)nn2Cl. The van der Waals surface area contributed by atoms with Gasteiger partial charge in [0.15, 0.2) is 5.65 Å². The summed E-state index contributed by atoms with van der Waals surface area (Å²) in [7, 11) is 0. The Bertz CT molecular complexity index is 550. The minimum Gasteiger partial charge on any atom is -0.462 e. The summed E-state index contributed by atoms with van der Waals surface area (Å²) in [5, 5.41) is 4.64. The number of ether oxygens (including phenoxy) is 1. The standard InChI is InChI=1S/C10H10ClN3O2/c1-3-16-10(15)7-4-5-12-9-8(7)6(2)13-14(9)11/h4-5H,3H2,1-2H3. The Hall–Kier alpha value is -1.62. The smallest absolute Gasteiger partial charge is 0.338 e. The Morgan fingerprint density at radius 3 is 3.06 bits per heavy atom. The quantitative estimate of drug-likeness (QED) is 0.752. The van der Waals surface area contributed by atoms with Gasteiger partial charge in [0, 0.05) is 18.0 Å². The number of esters is 1. The molecule has 0 bridgehead atoms. The van der Waals surface area contributed by atoms with E-state index in [0.717, 1.165) is 4.20 Å². The van der Waals surface area contributed by atoms with Crippen LogP contribution in [0.2, 0.25) is 0 Å². The monoisotopic (exact) mass is 239 g/mol. The van der Waals surface area contributed by atoms with Gasteiger partial charge in [-0.3, -0.25) is 0 Å². The van der Waals surface area contributed by atoms with Crippen LogP contribution in [0.1, 0.15) is 23.0 Å². The van der Waals surface area contributed by atoms with Crippen molar-refractivity contribution in [3.63, 3.8) is 0 Å². The highest BCUT2D eigenvalue weighted by atomic mass is 35.5. The first-order valence-corrected chi connectivity index (χ1v) is 5.16. The summed E-state index contributed by atoms with van der Waals surface area (Å²) in [6.45, 7) is 3.86. The summed E-state index contributed by atoms with van der Waals surface area (Å²) in [4.78, 5) is 15.8. The molecule has 0 saturated heterocycles. The molecule has 0 aliphatic carbocycles. The van der Waals surface area contributed by atoms with Crippen molar-refractivity contribution in [2.45, 2.75) is 13.8 Å². The predicted molar refractivity (Wildman–Crippen MR) is 59.5 cm³/mol. The number of nitrogens with zero attached hydrogens (tertiary/aromatic N) is 3. The molecule has 0 aliphatic heterocycles. The van der Waals surface area contributed by atoms with E-state index in [1.54, 1.807) is 19.9 Å². The molecule has 0 amide bonds. The van der Waals surface area contributed by atoms with E-state index < -0.39 is 0 Å². The third-order valence-corrected chi connectivity index (χ3v) is 2.44. The molecule has 5 nitrogen and oxygen atoms in total. The van der Waals surface area contributed by atoms with E-state index in [4.69, 9.17) is 16.5 Å². The normalized spacial score (nSPS) is 10.7. The van der Waals surface area contributed by atoms with Gasteiger partial charge in [0.2, 0.25) is 0 Å². The summed E-state index contributed by atoms with van der Waals surface area (Å²) in [5.41, 5.74) is 1.56. The molecule has 2 heterocycles. The van der Waals surface area contributed by atoms with Crippen LogP contribution in [0.15, 0.2) is 12.3 Å². The number of rotatable bonds is 2. The summed E-state index contributed by atoms with van der Waals surface area (Å²) >= 11 is 5.82. The number of hydrogen-bond acceptors (Lipinski definition) is 4. The van der Waals surface area contributed by atoms with Crippen molar-refractivity contribution in [3.05, 3.63) is 23.5 Å². The van der Waals surface area contributed by atoms with E-state index in [1.165, 1.54) is 6.20 Å². The second-order valence-corrected chi connectivity index (χ2v) is 3.54. The van der Waals surface area contributed by atoms with Gasteiger partial charge in [-0.05, 0) is 19.9 Å². The number of carbonyl (C=O) groups excluding carboxylic acids is 1. The van der Waals surface area contributed by atoms with Crippen molar-refractivity contribution in [2.75, 3.05) is 6.61 Å². The molecule has 16 heavy (non-hydrogen) atoms. The van der Waals surface area contributed by atoms with E-state index >= 15 is 0 Å². The molecule has 0 unspecified atom stereocenters. The number of halogens is 1. The number of carbonyl (C=O) groups is 1. The van der Waals surface area contributed by atoms with Crippen molar-refractivity contribution in [3.8, 4) is 0 Å². The molecule has 0 spiro atoms. The molecular formula is C10H10ClN3O2. The van der Waals surface area contributed by atoms with E-state index in [9.17, 15) is 4.79 Å². The van der Waals surface area contributed by atoms with Gasteiger partial charge in [0.05, 0.1) is 23.3 Å². The Labute approximate surface area is 97.1 Å². The highest BCUT2D eigenvalue weighted by Crippen LogP contribution is 2.21. The zero-order valence-corrected chi connectivity index (χ0v) is 9.65. The molecule has 2 aromatic heterocycles. The first-order chi connectivity index (χ1) is 7.65. The van der Waals surface area contributed by atoms with Crippen molar-refractivity contribution in [1.82, 2.24) is 14.3 Å². The maximum Gasteiger partial charge on any atom is 0.338 e. The largest absolute Gasteiger partial charge is 0.462 e. The van der Waals surface area contributed by atoms with Gasteiger partial charge in [-0.25, -0.2) is 9.78 Å². The van der Waals surface area contributed by atoms with Crippen LogP contribution in [0, 0.1) is 6.92 Å². The van der Waals surface area contributed by atoms with Crippen LogP contribution >= 0.6 is 11.8 Å². The van der Waals surface area contributed by atoms with Crippen LogP contribution in [0.4, 0.5) is 0 Å². The maximum absolute atomic E-state index is 11.7. The van der Waals surface area contributed by atoms with E-state index in [-0.39, 0.29) is 5.97 Å². The van der Waals surface area contributed by atoms with Gasteiger partial charge in [-0.15, -0.1) is 0 Å². The molecule has 0 radical (unpaired) electrons. The van der Waals surface area contributed by atoms with Crippen molar-refractivity contribution < 1.29 is 9.53 Å². The van der Waals surface area contributed by atoms with Gasteiger partial charge >= 0.3 is 5.97 Å². The van der Waals surface area contributed by atoms with E-state index in [1.807, 2.05) is 0 Å². The third-order valence-electron chi connectivity index (χ3n) is 2.20. The summed E-state index contributed by atoms with van der Waals surface area (Å²) < 4.78 is 6.09. The highest BCUT2D eigenvalue weighted by Gasteiger charge is 2.17. The minimum atomic E-state index is -0.386. The lowest BCUT2D eigenvalue weighted by Crippen LogP contribution is -2.05. The fourth-order valence-corrected chi connectivity index (χ4v) is 1.80. The van der Waals surface area contributed by atoms with Crippen LogP contribution in [-0.4, -0.2) is 26.9 Å². The maximum atomic E-state index is 11.7. The van der Waals surface area contributed by atoms with Crippen LogP contribution in [0.5, 0.6) is 0 Å². The topological polar surface area (TPSA) is 57.0 Å². The van der Waals surface area contributed by atoms with Gasteiger partial charge < -0.3 is 4.74 Å². The lowest BCUT2D eigenvalue weighted by Gasteiger charge is -2.02. The summed E-state index contributed by atoms with van der Waals surface area (Å²) in [6.07, 6.45) is 1.51. The fourth-order valence-electron chi connectivity index (χ4n) is 1.56. The molecule has 0 N–H and O–H groups in total. The third kappa shape index (κ3) is 1.63. The van der Waals surface area contributed by atoms with Crippen LogP contribution < -0.4 is 0 Å². The molecule has 0 aliphatic rings. The number of fused-ring (bicyclic) bond motifs is 1. The summed E-state index contributed by atoms with van der Waals surface area (Å²) in [5.74, 6) is -0.386. The summed E-state index contributed by atoms with van der Waals surface area (Å²) in [6, 6.07) is 1.60. The van der Waals surface area contributed by atoms with Gasteiger partial charge in [-0.1, -0.05) is 0 Å². The molecule has 84 valence electrons. The average molecular weight is 240 g/mol. The van der Waals surface area contributed by atoms with Gasteiger partial charge in [0.1, 0.15) is 0 Å². The Kier molecular flexibility index (Phi) is 2.78. The van der Waals surface area contributed by atoms with E-state index in [0.29, 0.717) is 28.9 Å². The Morgan fingerprint density at radius 2 is 2.38 bits per heavy atom. The lowest BCUT2D eigenvalue weighted by atomic mass is 10.1. The zero-order valence-electron chi connectivity index (χ0n) is 8.90. The minimum absolute atomic E-state index is 0.330. The molecule has 2 rings (SSSR count). The molecular weight excluding hydrogens is 230 g/mol. The predicted octanol–water partition coefficient (Wildman–Crippen LogP) is 1.92. The molecule has 0 saturated carbocycles. The first-order valence-electron chi connectivity index (χ1n) is 4.82. The van der Waals surface area contributed by atoms with Crippen molar-refractivity contribution in [2.24, 2.45) is 0 Å². The first kappa shape index (κ1) is 10.9. The lowest BCUT2D eigenvalue weighted by molar-refractivity contribution is 0.0528. The van der Waals surface area contributed by atoms with Crippen molar-refractivity contribution >= 4 is 28.8 Å². The number of aromatic nitrogens is 3. The molecule has 6 heteroatoms. The van der Waals surface area contributed by atoms with Gasteiger partial charge in [-0.2, -0.15) is 9.30 Å². The second kappa shape index (κ2) is 4.09. The Balaban J connectivity index is 2.66. The average Bonchev–Trinajstić information content (AvgIpc) is 2.55. The van der Waals surface area contributed by atoms with Crippen LogP contribution in [0.25, 0.3) is 11.0 Å². The van der Waals surface area contributed by atoms with Crippen molar-refractivity contribution in [1.29, 1.82) is 0 Å². The second-order valence-electron chi connectivity index (χ2n) is 3.22.